The van der Waals surface area contributed by atoms with Crippen LogP contribution in [-0.4, -0.2) is 38.8 Å². The normalized spacial score (nSPS) is 12.8. The van der Waals surface area contributed by atoms with Gasteiger partial charge < -0.3 is 15.4 Å². The third kappa shape index (κ3) is 12.4. The first kappa shape index (κ1) is 20.3. The second-order valence-corrected chi connectivity index (χ2v) is 4.29. The van der Waals surface area contributed by atoms with Crippen molar-refractivity contribution in [2.24, 2.45) is 4.99 Å². The monoisotopic (exact) mass is 371 g/mol. The van der Waals surface area contributed by atoms with Crippen molar-refractivity contribution in [3.8, 4) is 0 Å². The van der Waals surface area contributed by atoms with Crippen LogP contribution in [0.1, 0.15) is 46.5 Å². The van der Waals surface area contributed by atoms with Crippen LogP contribution in [0.2, 0.25) is 0 Å². The third-order valence-electron chi connectivity index (χ3n) is 2.53. The first-order chi connectivity index (χ1) is 8.24. The van der Waals surface area contributed by atoms with Crippen molar-refractivity contribution in [1.29, 1.82) is 0 Å². The summed E-state index contributed by atoms with van der Waals surface area (Å²) in [6.07, 6.45) is 5.06. The minimum atomic E-state index is 0. The number of unbranched alkanes of at least 4 members (excludes halogenated alkanes) is 2. The van der Waals surface area contributed by atoms with Gasteiger partial charge in [-0.15, -0.1) is 24.0 Å². The molecule has 0 aliphatic carbocycles. The average Bonchev–Trinajstić information content (AvgIpc) is 2.30. The molecule has 0 amide bonds. The maximum atomic E-state index is 4.99. The second kappa shape index (κ2) is 15.0. The van der Waals surface area contributed by atoms with E-state index in [1.807, 2.05) is 0 Å². The number of guanidine groups is 1. The van der Waals surface area contributed by atoms with Gasteiger partial charge in [0, 0.05) is 19.7 Å². The van der Waals surface area contributed by atoms with E-state index in [-0.39, 0.29) is 24.0 Å². The Morgan fingerprint density at radius 2 is 2.00 bits per heavy atom. The quantitative estimate of drug-likeness (QED) is 0.284. The van der Waals surface area contributed by atoms with Gasteiger partial charge >= 0.3 is 0 Å². The van der Waals surface area contributed by atoms with Crippen LogP contribution in [0.3, 0.4) is 0 Å². The highest BCUT2D eigenvalue weighted by atomic mass is 127. The van der Waals surface area contributed by atoms with E-state index >= 15 is 0 Å². The number of hydrogen-bond donors (Lipinski definition) is 2. The molecule has 18 heavy (non-hydrogen) atoms. The lowest BCUT2D eigenvalue weighted by Gasteiger charge is -2.17. The van der Waals surface area contributed by atoms with E-state index < -0.39 is 0 Å². The molecule has 5 heteroatoms. The highest BCUT2D eigenvalue weighted by molar-refractivity contribution is 14.0. The van der Waals surface area contributed by atoms with Crippen LogP contribution in [0.5, 0.6) is 0 Å². The van der Waals surface area contributed by atoms with E-state index in [0.29, 0.717) is 19.2 Å². The van der Waals surface area contributed by atoms with E-state index in [0.717, 1.165) is 12.5 Å². The van der Waals surface area contributed by atoms with Crippen LogP contribution < -0.4 is 10.6 Å². The Morgan fingerprint density at radius 1 is 1.28 bits per heavy atom. The Hall–Kier alpha value is -0.0400. The van der Waals surface area contributed by atoms with Gasteiger partial charge in [0.15, 0.2) is 5.96 Å². The minimum absolute atomic E-state index is 0. The lowest BCUT2D eigenvalue weighted by molar-refractivity contribution is 0.208. The standard InChI is InChI=1S/C13H29N3O.HI/c1-5-7-8-9-12(3)16-13(14-6-2)15-10-11-17-4;/h12H,5-11H2,1-4H3,(H2,14,15,16);1H. The summed E-state index contributed by atoms with van der Waals surface area (Å²) >= 11 is 0. The number of methoxy groups -OCH3 is 1. The van der Waals surface area contributed by atoms with Gasteiger partial charge in [-0.25, -0.2) is 0 Å². The van der Waals surface area contributed by atoms with E-state index in [1.165, 1.54) is 25.7 Å². The Morgan fingerprint density at radius 3 is 2.56 bits per heavy atom. The number of ether oxygens (including phenoxy) is 1. The van der Waals surface area contributed by atoms with Crippen molar-refractivity contribution < 1.29 is 4.74 Å². The summed E-state index contributed by atoms with van der Waals surface area (Å²) in [5, 5.41) is 6.67. The zero-order chi connectivity index (χ0) is 12.9. The largest absolute Gasteiger partial charge is 0.383 e. The lowest BCUT2D eigenvalue weighted by Crippen LogP contribution is -2.42. The Labute approximate surface area is 129 Å². The smallest absolute Gasteiger partial charge is 0.191 e. The average molecular weight is 371 g/mol. The number of hydrogen-bond acceptors (Lipinski definition) is 2. The van der Waals surface area contributed by atoms with Gasteiger partial charge in [-0.2, -0.15) is 0 Å². The molecule has 0 saturated carbocycles. The number of nitrogens with zero attached hydrogens (tertiary/aromatic N) is 1. The first-order valence-corrected chi connectivity index (χ1v) is 6.78. The molecule has 0 rings (SSSR count). The van der Waals surface area contributed by atoms with Gasteiger partial charge in [-0.1, -0.05) is 26.2 Å². The van der Waals surface area contributed by atoms with Crippen molar-refractivity contribution in [3.63, 3.8) is 0 Å². The summed E-state index contributed by atoms with van der Waals surface area (Å²) in [5.74, 6) is 0.897. The summed E-state index contributed by atoms with van der Waals surface area (Å²) in [4.78, 5) is 4.44. The van der Waals surface area contributed by atoms with Gasteiger partial charge in [-0.3, -0.25) is 4.99 Å². The van der Waals surface area contributed by atoms with Crippen LogP contribution >= 0.6 is 24.0 Å². The molecule has 1 atom stereocenters. The molecular formula is C13H30IN3O. The van der Waals surface area contributed by atoms with Crippen LogP contribution in [0.4, 0.5) is 0 Å². The molecule has 4 nitrogen and oxygen atoms in total. The fourth-order valence-electron chi connectivity index (χ4n) is 1.57. The maximum absolute atomic E-state index is 4.99. The zero-order valence-electron chi connectivity index (χ0n) is 12.3. The van der Waals surface area contributed by atoms with Crippen LogP contribution in [0.15, 0.2) is 4.99 Å². The topological polar surface area (TPSA) is 45.7 Å². The van der Waals surface area contributed by atoms with Crippen molar-refractivity contribution >= 4 is 29.9 Å². The van der Waals surface area contributed by atoms with Crippen molar-refractivity contribution in [2.75, 3.05) is 26.8 Å². The maximum Gasteiger partial charge on any atom is 0.191 e. The molecule has 0 fully saturated rings. The molecule has 110 valence electrons. The molecule has 0 bridgehead atoms. The van der Waals surface area contributed by atoms with Crippen LogP contribution in [0, 0.1) is 0 Å². The molecule has 0 spiro atoms. The Bertz CT molecular complexity index is 201. The van der Waals surface area contributed by atoms with Gasteiger partial charge in [-0.05, 0) is 20.3 Å². The SMILES string of the molecule is CCCCCC(C)NC(=NCCOC)NCC.I. The third-order valence-corrected chi connectivity index (χ3v) is 2.53. The van der Waals surface area contributed by atoms with E-state index in [2.05, 4.69) is 36.4 Å². The van der Waals surface area contributed by atoms with Gasteiger partial charge in [0.1, 0.15) is 0 Å². The number of nitrogens with one attached hydrogen (secondary N) is 2. The molecule has 2 N–H and O–H groups in total. The highest BCUT2D eigenvalue weighted by Gasteiger charge is 2.04. The minimum Gasteiger partial charge on any atom is -0.383 e. The van der Waals surface area contributed by atoms with Crippen molar-refractivity contribution in [3.05, 3.63) is 0 Å². The van der Waals surface area contributed by atoms with E-state index in [4.69, 9.17) is 4.74 Å². The summed E-state index contributed by atoms with van der Waals surface area (Å²) in [6, 6.07) is 0.474. The number of rotatable bonds is 9. The summed E-state index contributed by atoms with van der Waals surface area (Å²) in [5.41, 5.74) is 0. The lowest BCUT2D eigenvalue weighted by atomic mass is 10.1. The molecule has 0 radical (unpaired) electrons. The fourth-order valence-corrected chi connectivity index (χ4v) is 1.57. The molecule has 0 heterocycles. The Kier molecular flexibility index (Phi) is 16.9. The Balaban J connectivity index is 0. The number of halogens is 1. The fraction of sp³-hybridized carbons (Fsp3) is 0.923. The molecule has 0 aliphatic rings. The molecule has 0 aliphatic heterocycles. The molecule has 0 saturated heterocycles. The molecule has 0 aromatic rings. The van der Waals surface area contributed by atoms with Crippen molar-refractivity contribution in [1.82, 2.24) is 10.6 Å². The predicted octanol–water partition coefficient (Wildman–Crippen LogP) is 2.77. The molecule has 0 aromatic carbocycles. The summed E-state index contributed by atoms with van der Waals surface area (Å²) in [6.45, 7) is 8.78. The van der Waals surface area contributed by atoms with Crippen LogP contribution in [-0.2, 0) is 4.74 Å². The van der Waals surface area contributed by atoms with Crippen LogP contribution in [0.25, 0.3) is 0 Å². The summed E-state index contributed by atoms with van der Waals surface area (Å²) in [7, 11) is 1.70. The first-order valence-electron chi connectivity index (χ1n) is 6.78. The molecule has 1 unspecified atom stereocenters. The summed E-state index contributed by atoms with van der Waals surface area (Å²) < 4.78 is 4.99. The molecule has 0 aromatic heterocycles. The highest BCUT2D eigenvalue weighted by Crippen LogP contribution is 2.02. The molecular weight excluding hydrogens is 341 g/mol. The van der Waals surface area contributed by atoms with E-state index in [1.54, 1.807) is 7.11 Å². The van der Waals surface area contributed by atoms with Gasteiger partial charge in [0.2, 0.25) is 0 Å². The zero-order valence-corrected chi connectivity index (χ0v) is 14.6. The van der Waals surface area contributed by atoms with Gasteiger partial charge in [0.25, 0.3) is 0 Å². The van der Waals surface area contributed by atoms with E-state index in [9.17, 15) is 0 Å². The van der Waals surface area contributed by atoms with Crippen molar-refractivity contribution in [2.45, 2.75) is 52.5 Å². The second-order valence-electron chi connectivity index (χ2n) is 4.29. The van der Waals surface area contributed by atoms with Gasteiger partial charge in [0.05, 0.1) is 13.2 Å². The number of aliphatic imine (C=N–C) groups is 1. The predicted molar refractivity (Wildman–Crippen MR) is 90.0 cm³/mol.